The second-order valence-electron chi connectivity index (χ2n) is 6.93. The number of amides is 1. The monoisotopic (exact) mass is 406 g/mol. The number of hydrogen-bond donors (Lipinski definition) is 1. The number of hydrogen-bond acceptors (Lipinski definition) is 6. The molecule has 8 nitrogen and oxygen atoms in total. The molecule has 0 bridgehead atoms. The Morgan fingerprint density at radius 3 is 2.73 bits per heavy atom. The van der Waals surface area contributed by atoms with Gasteiger partial charge >= 0.3 is 0 Å². The maximum absolute atomic E-state index is 13.0. The molecule has 1 aliphatic rings. The summed E-state index contributed by atoms with van der Waals surface area (Å²) in [6.45, 7) is 1.42. The van der Waals surface area contributed by atoms with Crippen molar-refractivity contribution in [1.82, 2.24) is 14.8 Å². The van der Waals surface area contributed by atoms with Gasteiger partial charge in [-0.1, -0.05) is 12.1 Å². The van der Waals surface area contributed by atoms with E-state index in [4.69, 9.17) is 9.47 Å². The van der Waals surface area contributed by atoms with Crippen molar-refractivity contribution in [2.75, 3.05) is 25.6 Å². The van der Waals surface area contributed by atoms with E-state index in [0.29, 0.717) is 44.0 Å². The molecule has 0 saturated heterocycles. The van der Waals surface area contributed by atoms with Crippen LogP contribution in [0.15, 0.2) is 53.5 Å². The number of fused-ring (bicyclic) bond motifs is 1. The number of carbonyl (C=O) groups is 1. The summed E-state index contributed by atoms with van der Waals surface area (Å²) in [4.78, 5) is 25.9. The Balaban J connectivity index is 1.71. The number of nitrogens with one attached hydrogen (secondary N) is 1. The Kier molecular flexibility index (Phi) is 5.85. The first kappa shape index (κ1) is 19.8. The molecule has 0 saturated carbocycles. The second-order valence-corrected chi connectivity index (χ2v) is 6.93. The van der Waals surface area contributed by atoms with Crippen molar-refractivity contribution in [3.05, 3.63) is 81.4 Å². The fourth-order valence-corrected chi connectivity index (χ4v) is 3.59. The number of aromatic nitrogens is 3. The summed E-state index contributed by atoms with van der Waals surface area (Å²) >= 11 is 0. The molecule has 1 aromatic carbocycles. The molecule has 1 aliphatic heterocycles. The zero-order chi connectivity index (χ0) is 20.9. The topological polar surface area (TPSA) is 95.3 Å². The molecule has 3 heterocycles. The van der Waals surface area contributed by atoms with Crippen LogP contribution in [0.5, 0.6) is 5.75 Å². The van der Waals surface area contributed by atoms with E-state index >= 15 is 0 Å². The van der Waals surface area contributed by atoms with Crippen LogP contribution in [0.25, 0.3) is 0 Å². The average Bonchev–Trinajstić information content (AvgIpc) is 3.03. The fourth-order valence-electron chi connectivity index (χ4n) is 3.59. The van der Waals surface area contributed by atoms with Gasteiger partial charge in [-0.25, -0.2) is 0 Å². The molecule has 8 heteroatoms. The standard InChI is InChI=1S/C22H22N4O4/c1-29-16-6-4-15(5-7-16)14-26-19-9-12-30-11-8-17(19)18(13-21(26)27)22(28)24-20-3-2-10-23-25-20/h2-7,10,13H,8-9,11-12,14H2,1H3,(H,24,25,28). The van der Waals surface area contributed by atoms with Gasteiger partial charge in [0.05, 0.1) is 32.4 Å². The van der Waals surface area contributed by atoms with Gasteiger partial charge in [0.2, 0.25) is 0 Å². The average molecular weight is 406 g/mol. The third-order valence-corrected chi connectivity index (χ3v) is 5.07. The summed E-state index contributed by atoms with van der Waals surface area (Å²) < 4.78 is 12.5. The highest BCUT2D eigenvalue weighted by atomic mass is 16.5. The van der Waals surface area contributed by atoms with Crippen LogP contribution in [-0.2, 0) is 24.1 Å². The van der Waals surface area contributed by atoms with Crippen LogP contribution in [-0.4, -0.2) is 41.0 Å². The number of ether oxygens (including phenoxy) is 2. The quantitative estimate of drug-likeness (QED) is 0.697. The summed E-state index contributed by atoms with van der Waals surface area (Å²) in [5, 5.41) is 10.4. The normalized spacial score (nSPS) is 13.2. The van der Waals surface area contributed by atoms with Gasteiger partial charge < -0.3 is 19.4 Å². The second kappa shape index (κ2) is 8.87. The van der Waals surface area contributed by atoms with Crippen molar-refractivity contribution in [1.29, 1.82) is 0 Å². The zero-order valence-corrected chi connectivity index (χ0v) is 16.6. The predicted octanol–water partition coefficient (Wildman–Crippen LogP) is 2.06. The van der Waals surface area contributed by atoms with Crippen LogP contribution < -0.4 is 15.6 Å². The highest BCUT2D eigenvalue weighted by molar-refractivity contribution is 6.04. The minimum atomic E-state index is -0.373. The van der Waals surface area contributed by atoms with Crippen LogP contribution in [0, 0.1) is 0 Å². The van der Waals surface area contributed by atoms with Gasteiger partial charge in [-0.2, -0.15) is 5.10 Å². The van der Waals surface area contributed by atoms with Gasteiger partial charge in [0, 0.05) is 24.4 Å². The summed E-state index contributed by atoms with van der Waals surface area (Å²) in [6.07, 6.45) is 2.65. The Bertz CT molecular complexity index is 1090. The third-order valence-electron chi connectivity index (χ3n) is 5.07. The van der Waals surface area contributed by atoms with Crippen LogP contribution in [0.1, 0.15) is 27.2 Å². The molecule has 1 N–H and O–H groups in total. The van der Waals surface area contributed by atoms with Crippen LogP contribution in [0.3, 0.4) is 0 Å². The molecule has 0 fully saturated rings. The number of nitrogens with zero attached hydrogens (tertiary/aromatic N) is 3. The molecule has 0 radical (unpaired) electrons. The Labute approximate surface area is 173 Å². The van der Waals surface area contributed by atoms with Gasteiger partial charge in [-0.15, -0.1) is 5.10 Å². The van der Waals surface area contributed by atoms with Crippen LogP contribution in [0.4, 0.5) is 5.82 Å². The molecule has 30 heavy (non-hydrogen) atoms. The molecule has 154 valence electrons. The summed E-state index contributed by atoms with van der Waals surface area (Å²) in [5.74, 6) is 0.722. The Morgan fingerprint density at radius 2 is 2.00 bits per heavy atom. The van der Waals surface area contributed by atoms with E-state index in [1.165, 1.54) is 12.3 Å². The van der Waals surface area contributed by atoms with E-state index in [2.05, 4.69) is 15.5 Å². The number of pyridine rings is 1. The Hall–Kier alpha value is -3.52. The number of rotatable bonds is 5. The molecular weight excluding hydrogens is 384 g/mol. The molecular formula is C22H22N4O4. The van der Waals surface area contributed by atoms with E-state index < -0.39 is 0 Å². The Morgan fingerprint density at radius 1 is 1.20 bits per heavy atom. The predicted molar refractivity (Wildman–Crippen MR) is 111 cm³/mol. The minimum Gasteiger partial charge on any atom is -0.497 e. The SMILES string of the molecule is COc1ccc(Cn2c3c(c(C(=O)Nc4cccnn4)cc2=O)CCOCC3)cc1. The lowest BCUT2D eigenvalue weighted by Crippen LogP contribution is -2.29. The lowest BCUT2D eigenvalue weighted by atomic mass is 10.0. The van der Waals surface area contributed by atoms with Crippen LogP contribution >= 0.6 is 0 Å². The molecule has 0 aliphatic carbocycles. The van der Waals surface area contributed by atoms with Crippen molar-refractivity contribution in [2.24, 2.45) is 0 Å². The van der Waals surface area contributed by atoms with Gasteiger partial charge in [-0.05, 0) is 41.8 Å². The summed E-state index contributed by atoms with van der Waals surface area (Å²) in [7, 11) is 1.62. The molecule has 0 spiro atoms. The maximum Gasteiger partial charge on any atom is 0.257 e. The number of benzene rings is 1. The molecule has 0 atom stereocenters. The first-order chi connectivity index (χ1) is 14.7. The van der Waals surface area contributed by atoms with E-state index in [1.54, 1.807) is 23.8 Å². The largest absolute Gasteiger partial charge is 0.497 e. The third kappa shape index (κ3) is 4.23. The lowest BCUT2D eigenvalue weighted by molar-refractivity contribution is 0.102. The smallest absolute Gasteiger partial charge is 0.257 e. The van der Waals surface area contributed by atoms with E-state index in [0.717, 1.165) is 22.6 Å². The van der Waals surface area contributed by atoms with Crippen molar-refractivity contribution < 1.29 is 14.3 Å². The zero-order valence-electron chi connectivity index (χ0n) is 16.6. The van der Waals surface area contributed by atoms with Crippen molar-refractivity contribution in [2.45, 2.75) is 19.4 Å². The van der Waals surface area contributed by atoms with Crippen LogP contribution in [0.2, 0.25) is 0 Å². The first-order valence-electron chi connectivity index (χ1n) is 9.71. The number of methoxy groups -OCH3 is 1. The lowest BCUT2D eigenvalue weighted by Gasteiger charge is -2.18. The highest BCUT2D eigenvalue weighted by Gasteiger charge is 2.22. The fraction of sp³-hybridized carbons (Fsp3) is 0.273. The van der Waals surface area contributed by atoms with Gasteiger partial charge in [0.25, 0.3) is 11.5 Å². The van der Waals surface area contributed by atoms with Gasteiger partial charge in [0.1, 0.15) is 5.75 Å². The molecule has 3 aromatic rings. The van der Waals surface area contributed by atoms with Crippen molar-refractivity contribution >= 4 is 11.7 Å². The molecule has 2 aromatic heterocycles. The maximum atomic E-state index is 13.0. The van der Waals surface area contributed by atoms with Crippen molar-refractivity contribution in [3.8, 4) is 5.75 Å². The van der Waals surface area contributed by atoms with Crippen molar-refractivity contribution in [3.63, 3.8) is 0 Å². The number of anilines is 1. The van der Waals surface area contributed by atoms with Gasteiger partial charge in [0.15, 0.2) is 5.82 Å². The summed E-state index contributed by atoms with van der Waals surface area (Å²) in [6, 6.07) is 12.3. The molecule has 4 rings (SSSR count). The number of carbonyl (C=O) groups excluding carboxylic acids is 1. The van der Waals surface area contributed by atoms with Gasteiger partial charge in [-0.3, -0.25) is 9.59 Å². The molecule has 1 amide bonds. The molecule has 0 unspecified atom stereocenters. The highest BCUT2D eigenvalue weighted by Crippen LogP contribution is 2.21. The van der Waals surface area contributed by atoms with E-state index in [1.807, 2.05) is 24.3 Å². The van der Waals surface area contributed by atoms with E-state index in [-0.39, 0.29) is 11.5 Å². The minimum absolute atomic E-state index is 0.226. The summed E-state index contributed by atoms with van der Waals surface area (Å²) in [5.41, 5.74) is 2.78. The van der Waals surface area contributed by atoms with E-state index in [9.17, 15) is 9.59 Å². The first-order valence-corrected chi connectivity index (χ1v) is 9.71.